The Morgan fingerprint density at radius 1 is 0.541 bits per heavy atom. The predicted molar refractivity (Wildman–Crippen MR) is 265 cm³/mol. The van der Waals surface area contributed by atoms with Crippen molar-refractivity contribution in [1.29, 1.82) is 0 Å². The van der Waals surface area contributed by atoms with Gasteiger partial charge in [-0.2, -0.15) is 0 Å². The SMILES string of the molecule is CC(C)(C)c1ccc(Nc2ccccc2-c2cc(-c3ccc4c(c3)sc3ccccc34)c3c4cc(C(C)(C)C)ccc4n4c3c2Bc2cc3oc5ccccc5c3cc2-4)cc1. The van der Waals surface area contributed by atoms with Crippen LogP contribution < -0.4 is 16.2 Å². The zero-order valence-electron chi connectivity index (χ0n) is 35.4. The minimum atomic E-state index is -0.0167. The van der Waals surface area contributed by atoms with Crippen molar-refractivity contribution in [3.8, 4) is 27.9 Å². The number of rotatable bonds is 4. The van der Waals surface area contributed by atoms with Crippen LogP contribution in [0.2, 0.25) is 0 Å². The maximum atomic E-state index is 6.55. The number of furan rings is 1. The molecule has 3 aromatic heterocycles. The number of hydrogen-bond donors (Lipinski definition) is 1. The largest absolute Gasteiger partial charge is 0.456 e. The van der Waals surface area contributed by atoms with Gasteiger partial charge in [0.05, 0.1) is 5.52 Å². The molecule has 61 heavy (non-hydrogen) atoms. The van der Waals surface area contributed by atoms with Gasteiger partial charge in [-0.05, 0) is 111 Å². The van der Waals surface area contributed by atoms with E-state index in [-0.39, 0.29) is 10.8 Å². The number of fused-ring (bicyclic) bond motifs is 11. The molecule has 1 aliphatic rings. The second-order valence-corrected chi connectivity index (χ2v) is 20.1. The van der Waals surface area contributed by atoms with Crippen molar-refractivity contribution in [2.45, 2.75) is 52.4 Å². The third kappa shape index (κ3) is 5.63. The fourth-order valence-corrected chi connectivity index (χ4v) is 11.1. The summed E-state index contributed by atoms with van der Waals surface area (Å²) in [6.45, 7) is 13.8. The minimum Gasteiger partial charge on any atom is -0.456 e. The molecule has 5 heteroatoms. The molecule has 12 rings (SSSR count). The normalized spacial score (nSPS) is 12.9. The molecule has 0 saturated carbocycles. The highest BCUT2D eigenvalue weighted by Crippen LogP contribution is 2.46. The fourth-order valence-electron chi connectivity index (χ4n) is 9.92. The highest BCUT2D eigenvalue weighted by molar-refractivity contribution is 7.25. The van der Waals surface area contributed by atoms with E-state index in [0.717, 1.165) is 40.6 Å². The summed E-state index contributed by atoms with van der Waals surface area (Å²) in [5.41, 5.74) is 18.0. The summed E-state index contributed by atoms with van der Waals surface area (Å²) in [7, 11) is 0.779. The molecule has 0 saturated heterocycles. The number of hydrogen-bond acceptors (Lipinski definition) is 3. The Balaban J connectivity index is 1.19. The fraction of sp³-hybridized carbons (Fsp3) is 0.143. The molecule has 0 bridgehead atoms. The smallest absolute Gasteiger partial charge is 0.198 e. The van der Waals surface area contributed by atoms with Gasteiger partial charge in [-0.25, -0.2) is 0 Å². The lowest BCUT2D eigenvalue weighted by Crippen LogP contribution is -2.37. The van der Waals surface area contributed by atoms with Crippen molar-refractivity contribution < 1.29 is 4.42 Å². The number of nitrogens with zero attached hydrogens (tertiary/aromatic N) is 1. The zero-order chi connectivity index (χ0) is 41.4. The van der Waals surface area contributed by atoms with E-state index >= 15 is 0 Å². The van der Waals surface area contributed by atoms with Crippen LogP contribution in [-0.4, -0.2) is 11.8 Å². The first-order valence-corrected chi connectivity index (χ1v) is 22.3. The maximum Gasteiger partial charge on any atom is 0.198 e. The van der Waals surface area contributed by atoms with Gasteiger partial charge < -0.3 is 14.3 Å². The molecule has 4 heterocycles. The van der Waals surface area contributed by atoms with Crippen LogP contribution in [0.3, 0.4) is 0 Å². The molecule has 0 aliphatic carbocycles. The van der Waals surface area contributed by atoms with Gasteiger partial charge >= 0.3 is 0 Å². The quantitative estimate of drug-likeness (QED) is 0.180. The molecule has 0 unspecified atom stereocenters. The summed E-state index contributed by atoms with van der Waals surface area (Å²) < 4.78 is 11.8. The first kappa shape index (κ1) is 36.3. The average molecular weight is 805 g/mol. The number of aromatic nitrogens is 1. The lowest BCUT2D eigenvalue weighted by Gasteiger charge is -2.25. The molecule has 0 radical (unpaired) electrons. The Hall–Kier alpha value is -6.56. The number of anilines is 2. The van der Waals surface area contributed by atoms with E-state index in [2.05, 4.69) is 203 Å². The molecular formula is C56H45BN2OS. The Morgan fingerprint density at radius 2 is 1.26 bits per heavy atom. The number of para-hydroxylation sites is 2. The van der Waals surface area contributed by atoms with Crippen LogP contribution in [0, 0.1) is 0 Å². The number of thiophene rings is 1. The molecule has 11 aromatic rings. The first-order valence-electron chi connectivity index (χ1n) is 21.5. The van der Waals surface area contributed by atoms with E-state index < -0.39 is 0 Å². The molecule has 0 atom stereocenters. The van der Waals surface area contributed by atoms with Gasteiger partial charge in [0.1, 0.15) is 11.2 Å². The molecule has 8 aromatic carbocycles. The molecule has 1 aliphatic heterocycles. The van der Waals surface area contributed by atoms with E-state index in [4.69, 9.17) is 4.42 Å². The van der Waals surface area contributed by atoms with Crippen molar-refractivity contribution in [2.75, 3.05) is 5.32 Å². The summed E-state index contributed by atoms with van der Waals surface area (Å²) >= 11 is 1.89. The Labute approximate surface area is 360 Å². The second-order valence-electron chi connectivity index (χ2n) is 19.1. The molecule has 1 N–H and O–H groups in total. The highest BCUT2D eigenvalue weighted by atomic mass is 32.1. The van der Waals surface area contributed by atoms with Crippen LogP contribution >= 0.6 is 11.3 Å². The van der Waals surface area contributed by atoms with Crippen molar-refractivity contribution in [2.24, 2.45) is 0 Å². The number of nitrogens with one attached hydrogen (secondary N) is 1. The second kappa shape index (κ2) is 13.0. The van der Waals surface area contributed by atoms with E-state index in [1.165, 1.54) is 92.0 Å². The summed E-state index contributed by atoms with van der Waals surface area (Å²) in [5.74, 6) is 0. The first-order chi connectivity index (χ1) is 29.5. The van der Waals surface area contributed by atoms with E-state index in [0.29, 0.717) is 0 Å². The molecule has 0 amide bonds. The average Bonchev–Trinajstić information content (AvgIpc) is 3.92. The lowest BCUT2D eigenvalue weighted by atomic mass is 9.58. The Morgan fingerprint density at radius 3 is 2.08 bits per heavy atom. The lowest BCUT2D eigenvalue weighted by molar-refractivity contribution is 0.590. The van der Waals surface area contributed by atoms with Gasteiger partial charge in [0, 0.05) is 69.9 Å². The van der Waals surface area contributed by atoms with E-state index in [9.17, 15) is 0 Å². The topological polar surface area (TPSA) is 30.1 Å². The third-order valence-electron chi connectivity index (χ3n) is 13.1. The summed E-state index contributed by atoms with van der Waals surface area (Å²) in [4.78, 5) is 0. The van der Waals surface area contributed by atoms with Crippen molar-refractivity contribution in [1.82, 2.24) is 4.57 Å². The van der Waals surface area contributed by atoms with E-state index in [1.54, 1.807) is 0 Å². The summed E-state index contributed by atoms with van der Waals surface area (Å²) in [6, 6.07) is 56.6. The monoisotopic (exact) mass is 804 g/mol. The van der Waals surface area contributed by atoms with Gasteiger partial charge in [-0.3, -0.25) is 0 Å². The Kier molecular flexibility index (Phi) is 7.72. The summed E-state index contributed by atoms with van der Waals surface area (Å²) in [5, 5.41) is 11.4. The standard InChI is InChI=1S/C56H45BN2OS/c1-55(2,3)33-20-23-35(24-21-33)58-45-16-10-7-13-36(45)42-29-40(32-19-25-39-38-15-9-12-18-50(38)61-51(39)27-32)52-43-28-34(56(4,5)6)22-26-46(43)59-47-30-41-37-14-8-11-17-48(37)60-49(41)31-44(47)57-53(42)54(52)59/h7-31,57-58H,1-6H3. The molecule has 0 spiro atoms. The van der Waals surface area contributed by atoms with Gasteiger partial charge in [0.2, 0.25) is 0 Å². The predicted octanol–water partition coefficient (Wildman–Crippen LogP) is 14.4. The van der Waals surface area contributed by atoms with Crippen LogP contribution in [0.25, 0.3) is 91.9 Å². The third-order valence-corrected chi connectivity index (χ3v) is 14.3. The van der Waals surface area contributed by atoms with E-state index in [1.807, 2.05) is 11.3 Å². The van der Waals surface area contributed by atoms with Crippen molar-refractivity contribution >= 4 is 105 Å². The molecule has 3 nitrogen and oxygen atoms in total. The van der Waals surface area contributed by atoms with Crippen molar-refractivity contribution in [3.63, 3.8) is 0 Å². The molecule has 0 fully saturated rings. The van der Waals surface area contributed by atoms with Gasteiger partial charge in [-0.1, -0.05) is 132 Å². The van der Waals surface area contributed by atoms with Crippen LogP contribution in [0.4, 0.5) is 11.4 Å². The summed E-state index contributed by atoms with van der Waals surface area (Å²) in [6.07, 6.45) is 0. The highest BCUT2D eigenvalue weighted by Gasteiger charge is 2.31. The van der Waals surface area contributed by atoms with Crippen LogP contribution in [0.15, 0.2) is 156 Å². The minimum absolute atomic E-state index is 0.0167. The van der Waals surface area contributed by atoms with Gasteiger partial charge in [-0.15, -0.1) is 11.3 Å². The van der Waals surface area contributed by atoms with Gasteiger partial charge in [0.25, 0.3) is 0 Å². The van der Waals surface area contributed by atoms with Crippen LogP contribution in [0.1, 0.15) is 52.7 Å². The van der Waals surface area contributed by atoms with Crippen molar-refractivity contribution in [3.05, 3.63) is 163 Å². The maximum absolute atomic E-state index is 6.55. The van der Waals surface area contributed by atoms with Crippen LogP contribution in [-0.2, 0) is 10.8 Å². The molecular weight excluding hydrogens is 760 g/mol. The Bertz CT molecular complexity index is 3610. The molecule has 294 valence electrons. The van der Waals surface area contributed by atoms with Crippen LogP contribution in [0.5, 0.6) is 0 Å². The zero-order valence-corrected chi connectivity index (χ0v) is 36.2. The number of benzene rings is 8. The van der Waals surface area contributed by atoms with Gasteiger partial charge in [0.15, 0.2) is 7.28 Å².